The molecule has 3 heterocycles. The van der Waals surface area contributed by atoms with Gasteiger partial charge < -0.3 is 21.3 Å². The molecule has 10 nitrogen and oxygen atoms in total. The number of alkyl halides is 3. The molecule has 1 fully saturated rings. The Morgan fingerprint density at radius 3 is 2.52 bits per heavy atom. The molecule has 0 spiro atoms. The van der Waals surface area contributed by atoms with Crippen LogP contribution >= 0.6 is 0 Å². The Kier molecular flexibility index (Phi) is 8.55. The fourth-order valence-electron chi connectivity index (χ4n) is 5.21. The van der Waals surface area contributed by atoms with Crippen molar-refractivity contribution < 1.29 is 27.2 Å². The van der Waals surface area contributed by atoms with E-state index in [2.05, 4.69) is 37.5 Å². The number of fused-ring (bicyclic) bond motifs is 1. The Morgan fingerprint density at radius 1 is 1.11 bits per heavy atom. The summed E-state index contributed by atoms with van der Waals surface area (Å²) in [5.74, 6) is -1.42. The first kappa shape index (κ1) is 30.9. The van der Waals surface area contributed by atoms with E-state index in [1.165, 1.54) is 18.5 Å². The van der Waals surface area contributed by atoms with Gasteiger partial charge in [0, 0.05) is 49.0 Å². The van der Waals surface area contributed by atoms with Crippen molar-refractivity contribution in [2.75, 3.05) is 37.2 Å². The first-order valence-corrected chi connectivity index (χ1v) is 14.1. The Balaban J connectivity index is 1.32. The largest absolute Gasteiger partial charge is 0.416 e. The van der Waals surface area contributed by atoms with Crippen LogP contribution in [-0.2, 0) is 17.4 Å². The molecular formula is C30H32F4N8O2. The van der Waals surface area contributed by atoms with Gasteiger partial charge in [-0.15, -0.1) is 0 Å². The van der Waals surface area contributed by atoms with Crippen LogP contribution in [0.3, 0.4) is 0 Å². The molecule has 0 unspecified atom stereocenters. The number of nitrogens with two attached hydrogens (primary N) is 1. The number of amides is 2. The van der Waals surface area contributed by atoms with E-state index in [4.69, 9.17) is 5.73 Å². The van der Waals surface area contributed by atoms with Crippen molar-refractivity contribution in [1.29, 1.82) is 0 Å². The Hall–Kier alpha value is -4.59. The fourth-order valence-corrected chi connectivity index (χ4v) is 5.21. The minimum Gasteiger partial charge on any atom is -0.383 e. The maximum Gasteiger partial charge on any atom is 0.416 e. The van der Waals surface area contributed by atoms with Gasteiger partial charge in [0.25, 0.3) is 5.91 Å². The number of benzene rings is 2. The van der Waals surface area contributed by atoms with E-state index >= 15 is 4.39 Å². The number of halogens is 4. The van der Waals surface area contributed by atoms with Crippen molar-refractivity contribution in [3.05, 3.63) is 65.2 Å². The van der Waals surface area contributed by atoms with Gasteiger partial charge in [-0.05, 0) is 49.6 Å². The Morgan fingerprint density at radius 2 is 1.86 bits per heavy atom. The number of nitrogens with zero attached hydrogens (tertiary/aromatic N) is 5. The van der Waals surface area contributed by atoms with Crippen LogP contribution in [0.4, 0.5) is 29.1 Å². The van der Waals surface area contributed by atoms with Crippen LogP contribution in [0.5, 0.6) is 0 Å². The molecule has 2 amide bonds. The molecule has 2 aromatic heterocycles. The summed E-state index contributed by atoms with van der Waals surface area (Å²) in [7, 11) is 0. The van der Waals surface area contributed by atoms with Crippen molar-refractivity contribution in [2.45, 2.75) is 39.4 Å². The number of likely N-dealkylation sites (tertiary alicyclic amines) is 1. The maximum atomic E-state index is 15.2. The van der Waals surface area contributed by atoms with Gasteiger partial charge in [-0.25, -0.2) is 19.0 Å². The summed E-state index contributed by atoms with van der Waals surface area (Å²) in [5, 5.41) is 10.0. The van der Waals surface area contributed by atoms with Crippen molar-refractivity contribution in [1.82, 2.24) is 30.0 Å². The third-order valence-corrected chi connectivity index (χ3v) is 7.34. The number of aromatic nitrogens is 4. The molecule has 4 N–H and O–H groups in total. The summed E-state index contributed by atoms with van der Waals surface area (Å²) >= 11 is 0. The number of nitrogen functional groups attached to an aromatic ring is 1. The topological polar surface area (TPSA) is 131 Å². The second-order valence-corrected chi connectivity index (χ2v) is 11.3. The highest BCUT2D eigenvalue weighted by molar-refractivity contribution is 5.99. The second kappa shape index (κ2) is 12.2. The van der Waals surface area contributed by atoms with Gasteiger partial charge in [0.15, 0.2) is 5.65 Å². The molecule has 1 saturated heterocycles. The zero-order valence-corrected chi connectivity index (χ0v) is 24.4. The van der Waals surface area contributed by atoms with Crippen LogP contribution in [0.2, 0.25) is 0 Å². The van der Waals surface area contributed by atoms with E-state index < -0.39 is 35.8 Å². The highest BCUT2D eigenvalue weighted by atomic mass is 19.4. The third kappa shape index (κ3) is 6.64. The predicted octanol–water partition coefficient (Wildman–Crippen LogP) is 4.68. The van der Waals surface area contributed by atoms with Gasteiger partial charge in [-0.3, -0.25) is 9.59 Å². The van der Waals surface area contributed by atoms with Crippen LogP contribution in [0.1, 0.15) is 48.3 Å². The number of hydrogen-bond donors (Lipinski definition) is 3. The lowest BCUT2D eigenvalue weighted by Gasteiger charge is -2.37. The molecule has 232 valence electrons. The maximum absolute atomic E-state index is 15.2. The third-order valence-electron chi connectivity index (χ3n) is 7.34. The van der Waals surface area contributed by atoms with Gasteiger partial charge >= 0.3 is 6.18 Å². The predicted molar refractivity (Wildman–Crippen MR) is 157 cm³/mol. The molecule has 2 aromatic carbocycles. The normalized spacial score (nSPS) is 14.2. The number of carbonyl (C=O) groups excluding carboxylic acids is 2. The van der Waals surface area contributed by atoms with E-state index in [0.29, 0.717) is 34.8 Å². The number of hydrogen-bond acceptors (Lipinski definition) is 7. The lowest BCUT2D eigenvalue weighted by Crippen LogP contribution is -2.48. The lowest BCUT2D eigenvalue weighted by molar-refractivity contribution is -0.137. The van der Waals surface area contributed by atoms with Gasteiger partial charge in [-0.2, -0.15) is 18.3 Å². The molecule has 1 aliphatic heterocycles. The van der Waals surface area contributed by atoms with E-state index in [0.717, 1.165) is 31.3 Å². The fraction of sp³-hybridized carbons (Fsp3) is 0.367. The first-order valence-electron chi connectivity index (χ1n) is 14.1. The highest BCUT2D eigenvalue weighted by Crippen LogP contribution is 2.34. The van der Waals surface area contributed by atoms with Gasteiger partial charge in [0.1, 0.15) is 23.7 Å². The summed E-state index contributed by atoms with van der Waals surface area (Å²) in [5.41, 5.74) is 5.76. The smallest absolute Gasteiger partial charge is 0.383 e. The zero-order valence-electron chi connectivity index (χ0n) is 24.4. The number of carbonyl (C=O) groups is 2. The van der Waals surface area contributed by atoms with E-state index in [1.807, 2.05) is 13.8 Å². The lowest BCUT2D eigenvalue weighted by atomic mass is 10.0. The molecule has 4 aromatic rings. The Bertz CT molecular complexity index is 1710. The molecule has 5 rings (SSSR count). The van der Waals surface area contributed by atoms with Crippen LogP contribution < -0.4 is 16.4 Å². The van der Waals surface area contributed by atoms with Gasteiger partial charge in [0.2, 0.25) is 5.91 Å². The molecule has 14 heteroatoms. The quantitative estimate of drug-likeness (QED) is 0.234. The number of nitrogens with one attached hydrogen (secondary N) is 2. The summed E-state index contributed by atoms with van der Waals surface area (Å²) in [6.07, 6.45) is -3.91. The summed E-state index contributed by atoms with van der Waals surface area (Å²) in [6, 6.07) is 6.73. The average Bonchev–Trinajstić information content (AvgIpc) is 3.34. The van der Waals surface area contributed by atoms with Crippen molar-refractivity contribution in [3.8, 4) is 11.3 Å². The molecule has 0 atom stereocenters. The van der Waals surface area contributed by atoms with E-state index in [1.54, 1.807) is 10.7 Å². The monoisotopic (exact) mass is 612 g/mol. The first-order chi connectivity index (χ1) is 20.8. The summed E-state index contributed by atoms with van der Waals surface area (Å²) in [4.78, 5) is 35.9. The SMILES string of the molecule is CC1CN(CCNC(=O)c2cc(NC(=O)Cc3ccc(-c4nn(C(C)C)c5ncnc(N)c45)cc3F)cc(C(F)(F)F)c2)C1. The summed E-state index contributed by atoms with van der Waals surface area (Å²) in [6.45, 7) is 8.58. The highest BCUT2D eigenvalue weighted by Gasteiger charge is 2.32. The van der Waals surface area contributed by atoms with E-state index in [-0.39, 0.29) is 35.2 Å². The van der Waals surface area contributed by atoms with Crippen LogP contribution in [0.25, 0.3) is 22.3 Å². The standard InChI is InChI=1S/C30H32F4N8O2/c1-16(2)42-28-25(27(35)37-15-38-28)26(40-42)19-5-4-18(23(31)10-19)11-24(43)39-22-9-20(8-21(12-22)30(32,33)34)29(44)36-6-7-41-13-17(3)14-41/h4-5,8-10,12,15-17H,6-7,11,13-14H2,1-3H3,(H,36,44)(H,39,43)(H2,35,37,38). The molecular weight excluding hydrogens is 580 g/mol. The van der Waals surface area contributed by atoms with Crippen LogP contribution in [-0.4, -0.2) is 62.6 Å². The molecule has 44 heavy (non-hydrogen) atoms. The van der Waals surface area contributed by atoms with Crippen LogP contribution in [0, 0.1) is 11.7 Å². The van der Waals surface area contributed by atoms with Gasteiger partial charge in [0.05, 0.1) is 17.4 Å². The van der Waals surface area contributed by atoms with Crippen molar-refractivity contribution >= 4 is 34.4 Å². The summed E-state index contributed by atoms with van der Waals surface area (Å²) < 4.78 is 57.7. The molecule has 1 aliphatic rings. The molecule has 0 aliphatic carbocycles. The minimum absolute atomic E-state index is 0.00771. The van der Waals surface area contributed by atoms with E-state index in [9.17, 15) is 22.8 Å². The number of rotatable bonds is 9. The van der Waals surface area contributed by atoms with Crippen LogP contribution in [0.15, 0.2) is 42.7 Å². The molecule has 0 bridgehead atoms. The zero-order chi connectivity index (χ0) is 31.8. The molecule has 0 radical (unpaired) electrons. The average molecular weight is 613 g/mol. The van der Waals surface area contributed by atoms with Crippen molar-refractivity contribution in [2.24, 2.45) is 5.92 Å². The molecule has 0 saturated carbocycles. The second-order valence-electron chi connectivity index (χ2n) is 11.3. The van der Waals surface area contributed by atoms with Gasteiger partial charge in [-0.1, -0.05) is 19.1 Å². The van der Waals surface area contributed by atoms with Crippen molar-refractivity contribution in [3.63, 3.8) is 0 Å². The minimum atomic E-state index is -4.76. The Labute approximate surface area is 250 Å². The number of anilines is 2.